The van der Waals surface area contributed by atoms with Gasteiger partial charge in [-0.1, -0.05) is 6.07 Å². The lowest BCUT2D eigenvalue weighted by molar-refractivity contribution is -0.136. The normalized spacial score (nSPS) is 10.9. The van der Waals surface area contributed by atoms with Crippen LogP contribution in [0.15, 0.2) is 23.1 Å². The zero-order valence-electron chi connectivity index (χ0n) is 9.91. The second-order valence-electron chi connectivity index (χ2n) is 4.01. The summed E-state index contributed by atoms with van der Waals surface area (Å²) >= 11 is 1.69. The van der Waals surface area contributed by atoms with Crippen molar-refractivity contribution in [2.24, 2.45) is 0 Å². The Balaban J connectivity index is 2.52. The number of carbonyl (C=O) groups is 1. The van der Waals surface area contributed by atoms with E-state index in [0.29, 0.717) is 6.42 Å². The van der Waals surface area contributed by atoms with E-state index in [1.165, 1.54) is 10.3 Å². The van der Waals surface area contributed by atoms with Gasteiger partial charge in [0.15, 0.2) is 0 Å². The van der Waals surface area contributed by atoms with E-state index in [1.54, 1.807) is 11.8 Å². The maximum Gasteiger partial charge on any atom is 0.303 e. The van der Waals surface area contributed by atoms with E-state index in [-0.39, 0.29) is 6.42 Å². The third-order valence-corrected chi connectivity index (χ3v) is 3.69. The van der Waals surface area contributed by atoms with Crippen LogP contribution in [0.25, 0.3) is 10.9 Å². The highest BCUT2D eigenvalue weighted by atomic mass is 32.2. The van der Waals surface area contributed by atoms with Crippen molar-refractivity contribution in [2.75, 3.05) is 6.26 Å². The molecule has 0 bridgehead atoms. The highest BCUT2D eigenvalue weighted by Gasteiger charge is 2.12. The van der Waals surface area contributed by atoms with Gasteiger partial charge in [0.1, 0.15) is 0 Å². The van der Waals surface area contributed by atoms with Crippen molar-refractivity contribution < 1.29 is 9.90 Å². The van der Waals surface area contributed by atoms with Crippen LogP contribution in [-0.4, -0.2) is 22.3 Å². The lowest BCUT2D eigenvalue weighted by atomic mass is 10.1. The summed E-state index contributed by atoms with van der Waals surface area (Å²) in [5.41, 5.74) is 3.30. The van der Waals surface area contributed by atoms with Crippen LogP contribution in [-0.2, 0) is 11.2 Å². The average Bonchev–Trinajstić information content (AvgIpc) is 2.61. The molecule has 0 spiro atoms. The number of hydrogen-bond donors (Lipinski definition) is 2. The average molecular weight is 249 g/mol. The van der Waals surface area contributed by atoms with Crippen LogP contribution in [0.5, 0.6) is 0 Å². The molecule has 0 aliphatic rings. The predicted molar refractivity (Wildman–Crippen MR) is 70.8 cm³/mol. The largest absolute Gasteiger partial charge is 0.481 e. The van der Waals surface area contributed by atoms with Crippen molar-refractivity contribution >= 4 is 28.6 Å². The van der Waals surface area contributed by atoms with Gasteiger partial charge in [0.25, 0.3) is 0 Å². The number of aliphatic carboxylic acids is 1. The molecule has 2 N–H and O–H groups in total. The van der Waals surface area contributed by atoms with Crippen molar-refractivity contribution in [2.45, 2.75) is 24.7 Å². The van der Waals surface area contributed by atoms with Crippen LogP contribution in [0.2, 0.25) is 0 Å². The first-order valence-corrected chi connectivity index (χ1v) is 6.72. The molecule has 3 nitrogen and oxygen atoms in total. The highest BCUT2D eigenvalue weighted by molar-refractivity contribution is 7.98. The second kappa shape index (κ2) is 4.84. The monoisotopic (exact) mass is 249 g/mol. The Morgan fingerprint density at radius 2 is 2.24 bits per heavy atom. The van der Waals surface area contributed by atoms with Gasteiger partial charge in [-0.2, -0.15) is 0 Å². The number of aryl methyl sites for hydroxylation is 2. The smallest absolute Gasteiger partial charge is 0.303 e. The molecule has 0 radical (unpaired) electrons. The van der Waals surface area contributed by atoms with Crippen LogP contribution >= 0.6 is 11.8 Å². The molecule has 1 heterocycles. The fourth-order valence-corrected chi connectivity index (χ4v) is 2.78. The molecule has 1 aromatic heterocycles. The van der Waals surface area contributed by atoms with Crippen molar-refractivity contribution in [1.82, 2.24) is 4.98 Å². The molecule has 90 valence electrons. The molecule has 17 heavy (non-hydrogen) atoms. The molecule has 1 aromatic carbocycles. The summed E-state index contributed by atoms with van der Waals surface area (Å²) in [5, 5.41) is 9.97. The highest BCUT2D eigenvalue weighted by Crippen LogP contribution is 2.31. The van der Waals surface area contributed by atoms with E-state index in [2.05, 4.69) is 11.1 Å². The van der Waals surface area contributed by atoms with E-state index < -0.39 is 5.97 Å². The Labute approximate surface area is 104 Å². The topological polar surface area (TPSA) is 53.1 Å². The molecular weight excluding hydrogens is 234 g/mol. The fraction of sp³-hybridized carbons (Fsp3) is 0.308. The number of aromatic nitrogens is 1. The minimum atomic E-state index is -0.750. The Kier molecular flexibility index (Phi) is 3.43. The number of carboxylic acids is 1. The van der Waals surface area contributed by atoms with Crippen LogP contribution in [0.1, 0.15) is 17.7 Å². The summed E-state index contributed by atoms with van der Waals surface area (Å²) in [6, 6.07) is 6.13. The van der Waals surface area contributed by atoms with E-state index in [4.69, 9.17) is 5.11 Å². The number of benzene rings is 1. The van der Waals surface area contributed by atoms with Gasteiger partial charge >= 0.3 is 5.97 Å². The van der Waals surface area contributed by atoms with Crippen molar-refractivity contribution in [3.05, 3.63) is 29.5 Å². The van der Waals surface area contributed by atoms with E-state index in [9.17, 15) is 4.79 Å². The van der Waals surface area contributed by atoms with Crippen LogP contribution < -0.4 is 0 Å². The van der Waals surface area contributed by atoms with Gasteiger partial charge in [-0.15, -0.1) is 11.8 Å². The zero-order chi connectivity index (χ0) is 12.4. The first-order valence-electron chi connectivity index (χ1n) is 5.49. The van der Waals surface area contributed by atoms with Crippen LogP contribution in [0.4, 0.5) is 0 Å². The number of hydrogen-bond acceptors (Lipinski definition) is 2. The summed E-state index contributed by atoms with van der Waals surface area (Å²) in [5.74, 6) is -0.750. The van der Waals surface area contributed by atoms with Crippen molar-refractivity contribution in [1.29, 1.82) is 0 Å². The number of nitrogens with one attached hydrogen (secondary N) is 1. The molecule has 0 unspecified atom stereocenters. The summed E-state index contributed by atoms with van der Waals surface area (Å²) in [7, 11) is 0. The Morgan fingerprint density at radius 3 is 2.88 bits per heavy atom. The van der Waals surface area contributed by atoms with E-state index >= 15 is 0 Å². The van der Waals surface area contributed by atoms with Gasteiger partial charge < -0.3 is 10.1 Å². The number of rotatable bonds is 4. The van der Waals surface area contributed by atoms with E-state index in [0.717, 1.165) is 16.8 Å². The molecule has 0 aliphatic carbocycles. The molecule has 2 aromatic rings. The molecule has 0 amide bonds. The maximum absolute atomic E-state index is 10.7. The summed E-state index contributed by atoms with van der Waals surface area (Å²) in [4.78, 5) is 15.2. The molecule has 2 rings (SSSR count). The second-order valence-corrected chi connectivity index (χ2v) is 4.85. The number of thioether (sulfide) groups is 1. The van der Waals surface area contributed by atoms with Gasteiger partial charge in [0.05, 0.1) is 0 Å². The van der Waals surface area contributed by atoms with Gasteiger partial charge in [-0.05, 0) is 37.3 Å². The first kappa shape index (κ1) is 12.0. The third kappa shape index (κ3) is 2.31. The quantitative estimate of drug-likeness (QED) is 0.818. The third-order valence-electron chi connectivity index (χ3n) is 2.91. The van der Waals surface area contributed by atoms with Crippen LogP contribution in [0, 0.1) is 6.92 Å². The standard InChI is InChI=1S/C13H15NO2S/c1-8-9(6-7-12(15)16)13-10(14-8)4-3-5-11(13)17-2/h3-5,14H,6-7H2,1-2H3,(H,15,16). The Bertz CT molecular complexity index is 560. The molecule has 0 fully saturated rings. The molecule has 0 saturated heterocycles. The fourth-order valence-electron chi connectivity index (χ4n) is 2.13. The maximum atomic E-state index is 10.7. The van der Waals surface area contributed by atoms with Crippen molar-refractivity contribution in [3.8, 4) is 0 Å². The lowest BCUT2D eigenvalue weighted by Crippen LogP contribution is -1.98. The lowest BCUT2D eigenvalue weighted by Gasteiger charge is -2.03. The summed E-state index contributed by atoms with van der Waals surface area (Å²) < 4.78 is 0. The van der Waals surface area contributed by atoms with Gasteiger partial charge in [-0.25, -0.2) is 0 Å². The number of aromatic amines is 1. The number of carboxylic acid groups (broad SMARTS) is 1. The first-order chi connectivity index (χ1) is 8.13. The number of fused-ring (bicyclic) bond motifs is 1. The molecule has 0 saturated carbocycles. The molecule has 4 heteroatoms. The van der Waals surface area contributed by atoms with Crippen LogP contribution in [0.3, 0.4) is 0 Å². The summed E-state index contributed by atoms with van der Waals surface area (Å²) in [6.45, 7) is 2.00. The van der Waals surface area contributed by atoms with E-state index in [1.807, 2.05) is 25.3 Å². The van der Waals surface area contributed by atoms with Gasteiger partial charge in [0, 0.05) is 27.9 Å². The van der Waals surface area contributed by atoms with Gasteiger partial charge in [-0.3, -0.25) is 4.79 Å². The zero-order valence-corrected chi connectivity index (χ0v) is 10.7. The Hall–Kier alpha value is -1.42. The minimum absolute atomic E-state index is 0.177. The Morgan fingerprint density at radius 1 is 1.47 bits per heavy atom. The van der Waals surface area contributed by atoms with Crippen molar-refractivity contribution in [3.63, 3.8) is 0 Å². The molecule has 0 atom stereocenters. The summed E-state index contributed by atoms with van der Waals surface area (Å²) in [6.07, 6.45) is 2.80. The number of H-pyrrole nitrogens is 1. The predicted octanol–water partition coefficient (Wildman–Crippen LogP) is 3.22. The molecule has 0 aliphatic heterocycles. The SMILES string of the molecule is CSc1cccc2[nH]c(C)c(CCC(=O)O)c12. The van der Waals surface area contributed by atoms with Gasteiger partial charge in [0.2, 0.25) is 0 Å². The molecular formula is C13H15NO2S. The minimum Gasteiger partial charge on any atom is -0.481 e.